The van der Waals surface area contributed by atoms with Gasteiger partial charge in [-0.3, -0.25) is 9.69 Å². The molecular weight excluding hydrogens is 361 g/mol. The van der Waals surface area contributed by atoms with E-state index in [-0.39, 0.29) is 5.02 Å². The zero-order chi connectivity index (χ0) is 18.4. The summed E-state index contributed by atoms with van der Waals surface area (Å²) in [6, 6.07) is 3.97. The van der Waals surface area contributed by atoms with Crippen molar-refractivity contribution in [2.45, 2.75) is 0 Å². The van der Waals surface area contributed by atoms with Crippen molar-refractivity contribution >= 4 is 29.1 Å². The van der Waals surface area contributed by atoms with E-state index >= 15 is 0 Å². The summed E-state index contributed by atoms with van der Waals surface area (Å²) in [5.74, 6) is -0.479. The molecule has 3 rings (SSSR count). The van der Waals surface area contributed by atoms with Crippen LogP contribution in [0.1, 0.15) is 10.4 Å². The molecule has 1 aliphatic heterocycles. The van der Waals surface area contributed by atoms with E-state index in [9.17, 15) is 9.18 Å². The third-order valence-corrected chi connectivity index (χ3v) is 4.20. The van der Waals surface area contributed by atoms with Gasteiger partial charge >= 0.3 is 0 Å². The van der Waals surface area contributed by atoms with Crippen LogP contribution in [0.15, 0.2) is 30.6 Å². The SMILES string of the molecule is O=C(Nc1ccc(F)c(Cl)c1)c1cnc(NCCN2CCOCC2)nc1. The molecule has 9 heteroatoms. The first-order chi connectivity index (χ1) is 12.6. The van der Waals surface area contributed by atoms with Crippen molar-refractivity contribution in [2.75, 3.05) is 50.0 Å². The number of hydrogen-bond donors (Lipinski definition) is 2. The van der Waals surface area contributed by atoms with E-state index in [2.05, 4.69) is 25.5 Å². The highest BCUT2D eigenvalue weighted by Crippen LogP contribution is 2.19. The van der Waals surface area contributed by atoms with Gasteiger partial charge in [0.1, 0.15) is 5.82 Å². The molecule has 0 saturated carbocycles. The third-order valence-electron chi connectivity index (χ3n) is 3.91. The first kappa shape index (κ1) is 18.5. The van der Waals surface area contributed by atoms with Crippen molar-refractivity contribution in [3.8, 4) is 0 Å². The first-order valence-electron chi connectivity index (χ1n) is 8.24. The lowest BCUT2D eigenvalue weighted by Crippen LogP contribution is -2.39. The van der Waals surface area contributed by atoms with Gasteiger partial charge in [0.2, 0.25) is 5.95 Å². The second kappa shape index (κ2) is 8.88. The van der Waals surface area contributed by atoms with Crippen LogP contribution in [0, 0.1) is 5.82 Å². The van der Waals surface area contributed by atoms with E-state index in [1.54, 1.807) is 0 Å². The number of rotatable bonds is 6. The summed E-state index contributed by atoms with van der Waals surface area (Å²) >= 11 is 5.70. The molecule has 2 heterocycles. The van der Waals surface area contributed by atoms with Gasteiger partial charge in [-0.15, -0.1) is 0 Å². The molecule has 1 aromatic heterocycles. The maximum absolute atomic E-state index is 13.1. The second-order valence-electron chi connectivity index (χ2n) is 5.76. The summed E-state index contributed by atoms with van der Waals surface area (Å²) < 4.78 is 18.4. The molecule has 1 amide bonds. The van der Waals surface area contributed by atoms with Crippen LogP contribution in [0.3, 0.4) is 0 Å². The number of nitrogens with zero attached hydrogens (tertiary/aromatic N) is 3. The number of ether oxygens (including phenoxy) is 1. The number of nitrogens with one attached hydrogen (secondary N) is 2. The fourth-order valence-corrected chi connectivity index (χ4v) is 2.64. The van der Waals surface area contributed by atoms with Crippen molar-refractivity contribution < 1.29 is 13.9 Å². The largest absolute Gasteiger partial charge is 0.379 e. The van der Waals surface area contributed by atoms with E-state index in [0.717, 1.165) is 32.8 Å². The number of morpholine rings is 1. The Hall–Kier alpha value is -2.29. The van der Waals surface area contributed by atoms with Gasteiger partial charge in [-0.1, -0.05) is 11.6 Å². The van der Waals surface area contributed by atoms with Crippen molar-refractivity contribution in [3.63, 3.8) is 0 Å². The smallest absolute Gasteiger partial charge is 0.258 e. The van der Waals surface area contributed by atoms with Crippen molar-refractivity contribution in [1.82, 2.24) is 14.9 Å². The average Bonchev–Trinajstić information content (AvgIpc) is 2.66. The summed E-state index contributed by atoms with van der Waals surface area (Å²) in [7, 11) is 0. The molecule has 0 unspecified atom stereocenters. The van der Waals surface area contributed by atoms with Crippen molar-refractivity contribution in [1.29, 1.82) is 0 Å². The highest BCUT2D eigenvalue weighted by Gasteiger charge is 2.11. The van der Waals surface area contributed by atoms with E-state index < -0.39 is 11.7 Å². The summed E-state index contributed by atoms with van der Waals surface area (Å²) in [5.41, 5.74) is 0.693. The summed E-state index contributed by atoms with van der Waals surface area (Å²) in [5, 5.41) is 5.69. The summed E-state index contributed by atoms with van der Waals surface area (Å²) in [6.45, 7) is 4.96. The maximum atomic E-state index is 13.1. The number of carbonyl (C=O) groups is 1. The normalized spacial score (nSPS) is 14.8. The number of benzene rings is 1. The Labute approximate surface area is 155 Å². The Morgan fingerprint density at radius 2 is 2.00 bits per heavy atom. The lowest BCUT2D eigenvalue weighted by atomic mass is 10.2. The van der Waals surface area contributed by atoms with Gasteiger partial charge in [0, 0.05) is 44.3 Å². The number of amides is 1. The van der Waals surface area contributed by atoms with Crippen LogP contribution in [0.2, 0.25) is 5.02 Å². The molecule has 1 saturated heterocycles. The molecule has 2 aromatic rings. The lowest BCUT2D eigenvalue weighted by Gasteiger charge is -2.26. The Morgan fingerprint density at radius 3 is 2.69 bits per heavy atom. The fourth-order valence-electron chi connectivity index (χ4n) is 2.46. The van der Waals surface area contributed by atoms with Gasteiger partial charge in [-0.2, -0.15) is 0 Å². The second-order valence-corrected chi connectivity index (χ2v) is 6.17. The standard InChI is InChI=1S/C17H19ClFN5O2/c18-14-9-13(1-2-15(14)19)23-16(25)12-10-21-17(22-11-12)20-3-4-24-5-7-26-8-6-24/h1-2,9-11H,3-8H2,(H,23,25)(H,20,21,22). The number of anilines is 2. The number of halogens is 2. The van der Waals surface area contributed by atoms with Crippen LogP contribution < -0.4 is 10.6 Å². The molecule has 0 bridgehead atoms. The predicted octanol–water partition coefficient (Wildman–Crippen LogP) is 2.27. The zero-order valence-corrected chi connectivity index (χ0v) is 14.8. The lowest BCUT2D eigenvalue weighted by molar-refractivity contribution is 0.0398. The molecule has 1 aliphatic rings. The van der Waals surface area contributed by atoms with E-state index in [1.165, 1.54) is 30.6 Å². The van der Waals surface area contributed by atoms with Gasteiger partial charge in [0.25, 0.3) is 5.91 Å². The van der Waals surface area contributed by atoms with Gasteiger partial charge in [0.15, 0.2) is 0 Å². The molecule has 0 atom stereocenters. The Balaban J connectivity index is 1.49. The van der Waals surface area contributed by atoms with Crippen molar-refractivity contribution in [2.24, 2.45) is 0 Å². The molecule has 2 N–H and O–H groups in total. The van der Waals surface area contributed by atoms with E-state index in [1.807, 2.05) is 0 Å². The molecular formula is C17H19ClFN5O2. The minimum atomic E-state index is -0.541. The first-order valence-corrected chi connectivity index (χ1v) is 8.62. The van der Waals surface area contributed by atoms with Gasteiger partial charge in [-0.05, 0) is 18.2 Å². The van der Waals surface area contributed by atoms with Gasteiger partial charge in [-0.25, -0.2) is 14.4 Å². The summed E-state index contributed by atoms with van der Waals surface area (Å²) in [6.07, 6.45) is 2.87. The zero-order valence-electron chi connectivity index (χ0n) is 14.0. The molecule has 1 fully saturated rings. The fraction of sp³-hybridized carbons (Fsp3) is 0.353. The molecule has 0 aliphatic carbocycles. The Kier molecular flexibility index (Phi) is 6.32. The van der Waals surface area contributed by atoms with Crippen LogP contribution in [0.25, 0.3) is 0 Å². The molecule has 138 valence electrons. The quantitative estimate of drug-likeness (QED) is 0.801. The number of hydrogen-bond acceptors (Lipinski definition) is 6. The van der Waals surface area contributed by atoms with Crippen LogP contribution in [-0.2, 0) is 4.74 Å². The highest BCUT2D eigenvalue weighted by atomic mass is 35.5. The van der Waals surface area contributed by atoms with Crippen molar-refractivity contribution in [3.05, 3.63) is 47.0 Å². The Bertz CT molecular complexity index is 753. The minimum absolute atomic E-state index is 0.0566. The topological polar surface area (TPSA) is 79.4 Å². The number of aromatic nitrogens is 2. The van der Waals surface area contributed by atoms with Crippen LogP contribution in [-0.4, -0.2) is 60.2 Å². The van der Waals surface area contributed by atoms with Crippen LogP contribution in [0.5, 0.6) is 0 Å². The third kappa shape index (κ3) is 5.10. The molecule has 1 aromatic carbocycles. The summed E-state index contributed by atoms with van der Waals surface area (Å²) in [4.78, 5) is 22.8. The van der Waals surface area contributed by atoms with E-state index in [4.69, 9.17) is 16.3 Å². The van der Waals surface area contributed by atoms with Gasteiger partial charge in [0.05, 0.1) is 23.8 Å². The average molecular weight is 380 g/mol. The molecule has 0 radical (unpaired) electrons. The van der Waals surface area contributed by atoms with Crippen LogP contribution >= 0.6 is 11.6 Å². The molecule has 26 heavy (non-hydrogen) atoms. The molecule has 0 spiro atoms. The van der Waals surface area contributed by atoms with E-state index in [0.29, 0.717) is 23.7 Å². The van der Waals surface area contributed by atoms with Crippen LogP contribution in [0.4, 0.5) is 16.0 Å². The Morgan fingerprint density at radius 1 is 1.27 bits per heavy atom. The highest BCUT2D eigenvalue weighted by molar-refractivity contribution is 6.31. The van der Waals surface area contributed by atoms with Gasteiger partial charge < -0.3 is 15.4 Å². The number of carbonyl (C=O) groups excluding carboxylic acids is 1. The molecule has 7 nitrogen and oxygen atoms in total. The maximum Gasteiger partial charge on any atom is 0.258 e. The minimum Gasteiger partial charge on any atom is -0.379 e. The monoisotopic (exact) mass is 379 g/mol. The predicted molar refractivity (Wildman–Crippen MR) is 97.1 cm³/mol.